The van der Waals surface area contributed by atoms with E-state index in [1.165, 1.54) is 0 Å². The summed E-state index contributed by atoms with van der Waals surface area (Å²) in [6.07, 6.45) is -2.93. The number of aryl methyl sites for hydroxylation is 2. The van der Waals surface area contributed by atoms with Gasteiger partial charge in [0.2, 0.25) is 0 Å². The van der Waals surface area contributed by atoms with E-state index in [-0.39, 0.29) is 29.7 Å². The van der Waals surface area contributed by atoms with E-state index >= 15 is 0 Å². The summed E-state index contributed by atoms with van der Waals surface area (Å²) >= 11 is 13.1. The highest BCUT2D eigenvalue weighted by Crippen LogP contribution is 2.36. The number of aromatic nitrogens is 1. The first kappa shape index (κ1) is 26.4. The predicted molar refractivity (Wildman–Crippen MR) is 133 cm³/mol. The van der Waals surface area contributed by atoms with Gasteiger partial charge in [-0.3, -0.25) is 9.59 Å². The normalized spacial score (nSPS) is 15.0. The number of hydrogen-bond donors (Lipinski definition) is 1. The molecule has 192 valence electrons. The first-order chi connectivity index (χ1) is 16.9. The Hall–Kier alpha value is -2.71. The van der Waals surface area contributed by atoms with E-state index in [9.17, 15) is 22.8 Å². The van der Waals surface area contributed by atoms with Crippen molar-refractivity contribution in [2.24, 2.45) is 13.0 Å². The number of halogens is 5. The molecule has 1 amide bonds. The van der Waals surface area contributed by atoms with Gasteiger partial charge in [0.15, 0.2) is 0 Å². The summed E-state index contributed by atoms with van der Waals surface area (Å²) in [5.41, 5.74) is 1.76. The lowest BCUT2D eigenvalue weighted by atomic mass is 9.93. The molecule has 1 saturated heterocycles. The Morgan fingerprint density at radius 3 is 2.39 bits per heavy atom. The van der Waals surface area contributed by atoms with Gasteiger partial charge in [0.1, 0.15) is 0 Å². The molecule has 0 atom stereocenters. The maximum absolute atomic E-state index is 13.3. The van der Waals surface area contributed by atoms with Crippen LogP contribution in [0.1, 0.15) is 52.0 Å². The Bertz CT molecular complexity index is 1340. The number of likely N-dealkylation sites (tertiary alicyclic amines) is 1. The average molecular weight is 541 g/mol. The van der Waals surface area contributed by atoms with Crippen LogP contribution in [0.4, 0.5) is 13.2 Å². The number of aliphatic carboxylic acids is 1. The molecule has 10 heteroatoms. The van der Waals surface area contributed by atoms with Crippen molar-refractivity contribution in [1.82, 2.24) is 9.47 Å². The van der Waals surface area contributed by atoms with Crippen molar-refractivity contribution in [2.45, 2.75) is 38.8 Å². The van der Waals surface area contributed by atoms with Crippen molar-refractivity contribution in [3.63, 3.8) is 0 Å². The molecule has 1 aliphatic heterocycles. The minimum absolute atomic E-state index is 0.0376. The second kappa shape index (κ2) is 9.98. The molecule has 0 aliphatic carbocycles. The molecule has 1 aliphatic rings. The number of carbonyl (C=O) groups is 2. The second-order valence-corrected chi connectivity index (χ2v) is 10.1. The van der Waals surface area contributed by atoms with Crippen molar-refractivity contribution < 1.29 is 27.9 Å². The number of rotatable bonds is 5. The lowest BCUT2D eigenvalue weighted by Gasteiger charge is -2.31. The average Bonchev–Trinajstić information content (AvgIpc) is 3.12. The quantitative estimate of drug-likeness (QED) is 0.390. The highest BCUT2D eigenvalue weighted by Gasteiger charge is 2.32. The van der Waals surface area contributed by atoms with Gasteiger partial charge in [-0.15, -0.1) is 0 Å². The lowest BCUT2D eigenvalue weighted by molar-refractivity contribution is -0.139. The van der Waals surface area contributed by atoms with Crippen LogP contribution in [-0.4, -0.2) is 39.5 Å². The molecule has 0 unspecified atom stereocenters. The number of nitrogens with zero attached hydrogens (tertiary/aromatic N) is 2. The molecular weight excluding hydrogens is 516 g/mol. The van der Waals surface area contributed by atoms with E-state index in [0.717, 1.165) is 12.1 Å². The van der Waals surface area contributed by atoms with E-state index in [1.807, 2.05) is 6.07 Å². The molecule has 5 nitrogen and oxygen atoms in total. The Morgan fingerprint density at radius 1 is 1.11 bits per heavy atom. The van der Waals surface area contributed by atoms with Crippen LogP contribution in [0.15, 0.2) is 30.3 Å². The van der Waals surface area contributed by atoms with Crippen LogP contribution >= 0.6 is 23.2 Å². The monoisotopic (exact) mass is 540 g/mol. The van der Waals surface area contributed by atoms with Crippen molar-refractivity contribution in [2.75, 3.05) is 13.1 Å². The number of alkyl halides is 3. The third-order valence-electron chi connectivity index (χ3n) is 6.93. The molecule has 2 aromatic carbocycles. The molecule has 1 aromatic heterocycles. The van der Waals surface area contributed by atoms with Gasteiger partial charge in [-0.25, -0.2) is 0 Å². The van der Waals surface area contributed by atoms with Crippen molar-refractivity contribution in [1.29, 1.82) is 0 Å². The third kappa shape index (κ3) is 5.20. The van der Waals surface area contributed by atoms with Crippen LogP contribution in [0.3, 0.4) is 0 Å². The van der Waals surface area contributed by atoms with Crippen LogP contribution in [-0.2, 0) is 24.4 Å². The second-order valence-electron chi connectivity index (χ2n) is 9.32. The number of piperidine rings is 1. The molecular formula is C26H25Cl2F3N2O3. The van der Waals surface area contributed by atoms with E-state index in [0.29, 0.717) is 64.2 Å². The van der Waals surface area contributed by atoms with Crippen molar-refractivity contribution in [3.8, 4) is 0 Å². The fraction of sp³-hybridized carbons (Fsp3) is 0.385. The number of benzene rings is 2. The summed E-state index contributed by atoms with van der Waals surface area (Å²) in [5.74, 6) is -1.06. The standard InChI is InChI=1S/C26H25Cl2F3N2O3/c1-14-9-16(26(29,30)31)11-22-19(14)12-17(32(22)2)13-20-21(27)4-3-18(24(20)28)25(36)33-7-5-15(6-8-33)10-23(34)35/h3-4,9,11-12,15H,5-8,10,13H2,1-2H3,(H,34,35). The minimum atomic E-state index is -4.45. The van der Waals surface area contributed by atoms with Crippen LogP contribution in [0.25, 0.3) is 10.9 Å². The van der Waals surface area contributed by atoms with Crippen LogP contribution < -0.4 is 0 Å². The van der Waals surface area contributed by atoms with Gasteiger partial charge in [0, 0.05) is 54.6 Å². The topological polar surface area (TPSA) is 62.5 Å². The van der Waals surface area contributed by atoms with Crippen LogP contribution in [0, 0.1) is 12.8 Å². The lowest BCUT2D eigenvalue weighted by Crippen LogP contribution is -2.39. The van der Waals surface area contributed by atoms with E-state index in [1.54, 1.807) is 35.6 Å². The van der Waals surface area contributed by atoms with Gasteiger partial charge < -0.3 is 14.6 Å². The molecule has 0 bridgehead atoms. The first-order valence-electron chi connectivity index (χ1n) is 11.5. The number of carbonyl (C=O) groups excluding carboxylic acids is 1. The zero-order valence-electron chi connectivity index (χ0n) is 19.8. The minimum Gasteiger partial charge on any atom is -0.481 e. The molecule has 0 spiro atoms. The summed E-state index contributed by atoms with van der Waals surface area (Å²) in [5, 5.41) is 10.3. The summed E-state index contributed by atoms with van der Waals surface area (Å²) < 4.78 is 41.7. The summed E-state index contributed by atoms with van der Waals surface area (Å²) in [7, 11) is 1.69. The predicted octanol–water partition coefficient (Wildman–Crippen LogP) is 6.73. The maximum Gasteiger partial charge on any atom is 0.416 e. The highest BCUT2D eigenvalue weighted by atomic mass is 35.5. The molecule has 2 heterocycles. The molecule has 1 fully saturated rings. The maximum atomic E-state index is 13.3. The van der Waals surface area contributed by atoms with Gasteiger partial charge in [0.05, 0.1) is 16.1 Å². The Kier molecular flexibility index (Phi) is 7.30. The first-order valence-corrected chi connectivity index (χ1v) is 12.3. The van der Waals surface area contributed by atoms with Crippen LogP contribution in [0.2, 0.25) is 10.0 Å². The molecule has 4 rings (SSSR count). The number of hydrogen-bond acceptors (Lipinski definition) is 2. The summed E-state index contributed by atoms with van der Waals surface area (Å²) in [4.78, 5) is 25.8. The fourth-order valence-corrected chi connectivity index (χ4v) is 5.45. The van der Waals surface area contributed by atoms with Gasteiger partial charge in [0.25, 0.3) is 5.91 Å². The third-order valence-corrected chi connectivity index (χ3v) is 7.72. The molecule has 0 radical (unpaired) electrons. The number of carboxylic acid groups (broad SMARTS) is 1. The van der Waals surface area contributed by atoms with Gasteiger partial charge in [-0.1, -0.05) is 23.2 Å². The number of fused-ring (bicyclic) bond motifs is 1. The zero-order chi connectivity index (χ0) is 26.4. The Labute approximate surface area is 216 Å². The SMILES string of the molecule is Cc1cc(C(F)(F)F)cc2c1cc(Cc1c(Cl)ccc(C(=O)N3CCC(CC(=O)O)CC3)c1Cl)n2C. The molecule has 36 heavy (non-hydrogen) atoms. The molecule has 3 aromatic rings. The van der Waals surface area contributed by atoms with Gasteiger partial charge >= 0.3 is 12.1 Å². The largest absolute Gasteiger partial charge is 0.481 e. The van der Waals surface area contributed by atoms with E-state index in [4.69, 9.17) is 28.3 Å². The van der Waals surface area contributed by atoms with Gasteiger partial charge in [-0.05, 0) is 67.1 Å². The van der Waals surface area contributed by atoms with Crippen molar-refractivity contribution in [3.05, 3.63) is 68.3 Å². The smallest absolute Gasteiger partial charge is 0.416 e. The highest BCUT2D eigenvalue weighted by molar-refractivity contribution is 6.38. The zero-order valence-corrected chi connectivity index (χ0v) is 21.3. The van der Waals surface area contributed by atoms with Crippen molar-refractivity contribution >= 4 is 46.0 Å². The van der Waals surface area contributed by atoms with Gasteiger partial charge in [-0.2, -0.15) is 13.2 Å². The van der Waals surface area contributed by atoms with E-state index in [2.05, 4.69) is 0 Å². The number of carboxylic acids is 1. The van der Waals surface area contributed by atoms with E-state index < -0.39 is 17.7 Å². The number of amides is 1. The summed E-state index contributed by atoms with van der Waals surface area (Å²) in [6.45, 7) is 2.52. The molecule has 0 saturated carbocycles. The summed E-state index contributed by atoms with van der Waals surface area (Å²) in [6, 6.07) is 7.25. The Balaban J connectivity index is 1.62. The fourth-order valence-electron chi connectivity index (χ4n) is 4.86. The molecule has 1 N–H and O–H groups in total. The Morgan fingerprint density at radius 2 is 1.78 bits per heavy atom. The van der Waals surface area contributed by atoms with Crippen LogP contribution in [0.5, 0.6) is 0 Å².